The minimum atomic E-state index is -0.930. The van der Waals surface area contributed by atoms with E-state index in [9.17, 15) is 4.79 Å². The summed E-state index contributed by atoms with van der Waals surface area (Å²) in [6.07, 6.45) is 1.44. The van der Waals surface area contributed by atoms with Crippen molar-refractivity contribution in [1.82, 2.24) is 14.7 Å². The number of hydrogen-bond donors (Lipinski definition) is 1. The van der Waals surface area contributed by atoms with Gasteiger partial charge >= 0.3 is 6.09 Å². The molecule has 1 heterocycles. The highest BCUT2D eigenvalue weighted by molar-refractivity contribution is 9.10. The highest BCUT2D eigenvalue weighted by Crippen LogP contribution is 2.43. The van der Waals surface area contributed by atoms with Crippen molar-refractivity contribution in [3.63, 3.8) is 0 Å². The molecule has 0 spiro atoms. The second-order valence-corrected chi connectivity index (χ2v) is 4.98. The maximum absolute atomic E-state index is 10.8. The highest BCUT2D eigenvalue weighted by Gasteiger charge is 2.30. The summed E-state index contributed by atoms with van der Waals surface area (Å²) in [4.78, 5) is 12.0. The van der Waals surface area contributed by atoms with E-state index in [1.54, 1.807) is 11.7 Å². The summed E-state index contributed by atoms with van der Waals surface area (Å²) >= 11 is 3.52. The van der Waals surface area contributed by atoms with Crippen molar-refractivity contribution in [2.24, 2.45) is 7.05 Å². The molecule has 1 aliphatic rings. The molecule has 0 unspecified atom stereocenters. The summed E-state index contributed by atoms with van der Waals surface area (Å²) in [6.45, 7) is 0.353. The summed E-state index contributed by atoms with van der Waals surface area (Å²) in [5, 5.41) is 13.3. The van der Waals surface area contributed by atoms with Gasteiger partial charge in [0.05, 0.1) is 22.4 Å². The van der Waals surface area contributed by atoms with Gasteiger partial charge in [-0.15, -0.1) is 0 Å². The third-order valence-electron chi connectivity index (χ3n) is 2.80. The summed E-state index contributed by atoms with van der Waals surface area (Å²) in [7, 11) is 3.40. The van der Waals surface area contributed by atoms with Crippen LogP contribution in [0.2, 0.25) is 0 Å². The fraction of sp³-hybridized carbons (Fsp3) is 0.600. The quantitative estimate of drug-likeness (QED) is 0.927. The molecular weight excluding hydrogens is 274 g/mol. The largest absolute Gasteiger partial charge is 0.465 e. The Balaban J connectivity index is 2.23. The van der Waals surface area contributed by atoms with E-state index in [0.29, 0.717) is 12.5 Å². The Morgan fingerprint density at radius 3 is 2.81 bits per heavy atom. The summed E-state index contributed by atoms with van der Waals surface area (Å²) in [6, 6.07) is 0. The van der Waals surface area contributed by atoms with Crippen LogP contribution in [0.25, 0.3) is 0 Å². The molecule has 5 nitrogen and oxygen atoms in total. The molecule has 1 aromatic heterocycles. The molecule has 2 rings (SSSR count). The van der Waals surface area contributed by atoms with Gasteiger partial charge in [0.1, 0.15) is 0 Å². The van der Waals surface area contributed by atoms with Gasteiger partial charge in [0.25, 0.3) is 0 Å². The number of hydrogen-bond acceptors (Lipinski definition) is 2. The van der Waals surface area contributed by atoms with Crippen molar-refractivity contribution < 1.29 is 9.90 Å². The molecule has 0 atom stereocenters. The van der Waals surface area contributed by atoms with Gasteiger partial charge in [-0.1, -0.05) is 0 Å². The Bertz CT molecular complexity index is 426. The van der Waals surface area contributed by atoms with Crippen LogP contribution in [0, 0.1) is 0 Å². The van der Waals surface area contributed by atoms with E-state index in [0.717, 1.165) is 15.9 Å². The lowest BCUT2D eigenvalue weighted by Crippen LogP contribution is -2.25. The van der Waals surface area contributed by atoms with Crippen LogP contribution in [-0.4, -0.2) is 32.9 Å². The van der Waals surface area contributed by atoms with E-state index in [1.807, 2.05) is 7.05 Å². The van der Waals surface area contributed by atoms with E-state index in [4.69, 9.17) is 5.11 Å². The first kappa shape index (κ1) is 11.4. The fourth-order valence-electron chi connectivity index (χ4n) is 1.64. The Morgan fingerprint density at radius 1 is 1.69 bits per heavy atom. The monoisotopic (exact) mass is 287 g/mol. The molecule has 0 bridgehead atoms. The van der Waals surface area contributed by atoms with Crippen molar-refractivity contribution in [1.29, 1.82) is 0 Å². The SMILES string of the molecule is CN(Cc1c(Br)c(C2CC2)nn1C)C(=O)O. The van der Waals surface area contributed by atoms with Gasteiger partial charge in [0, 0.05) is 20.0 Å². The minimum Gasteiger partial charge on any atom is -0.465 e. The Kier molecular flexibility index (Phi) is 2.92. The second kappa shape index (κ2) is 4.08. The first-order valence-electron chi connectivity index (χ1n) is 5.16. The first-order valence-corrected chi connectivity index (χ1v) is 5.95. The summed E-state index contributed by atoms with van der Waals surface area (Å²) < 4.78 is 2.72. The number of aryl methyl sites for hydroxylation is 1. The highest BCUT2D eigenvalue weighted by atomic mass is 79.9. The van der Waals surface area contributed by atoms with Crippen molar-refractivity contribution >= 4 is 22.0 Å². The van der Waals surface area contributed by atoms with Gasteiger partial charge in [-0.3, -0.25) is 4.68 Å². The molecule has 0 radical (unpaired) electrons. The number of aromatic nitrogens is 2. The minimum absolute atomic E-state index is 0.353. The van der Waals surface area contributed by atoms with Crippen molar-refractivity contribution in [3.8, 4) is 0 Å². The lowest BCUT2D eigenvalue weighted by Gasteiger charge is -2.13. The zero-order valence-corrected chi connectivity index (χ0v) is 10.9. The van der Waals surface area contributed by atoms with Gasteiger partial charge in [0.2, 0.25) is 0 Å². The average molecular weight is 288 g/mol. The maximum Gasteiger partial charge on any atom is 0.407 e. The Hall–Kier alpha value is -1.04. The van der Waals surface area contributed by atoms with E-state index >= 15 is 0 Å². The third kappa shape index (κ3) is 2.07. The Morgan fingerprint density at radius 2 is 2.31 bits per heavy atom. The number of carboxylic acid groups (broad SMARTS) is 1. The predicted octanol–water partition coefficient (Wildman–Crippen LogP) is 2.17. The van der Waals surface area contributed by atoms with Gasteiger partial charge in [-0.25, -0.2) is 4.79 Å². The van der Waals surface area contributed by atoms with Gasteiger partial charge < -0.3 is 10.0 Å². The van der Waals surface area contributed by atoms with Crippen LogP contribution in [0.5, 0.6) is 0 Å². The first-order chi connectivity index (χ1) is 7.50. The smallest absolute Gasteiger partial charge is 0.407 e. The standard InChI is InChI=1S/C10H14BrN3O2/c1-13(10(15)16)5-7-8(11)9(6-3-4-6)12-14(7)2/h6H,3-5H2,1-2H3,(H,15,16). The molecule has 1 fully saturated rings. The van der Waals surface area contributed by atoms with E-state index in [-0.39, 0.29) is 0 Å². The van der Waals surface area contributed by atoms with Crippen molar-refractivity contribution in [2.75, 3.05) is 7.05 Å². The topological polar surface area (TPSA) is 58.4 Å². The molecule has 16 heavy (non-hydrogen) atoms. The average Bonchev–Trinajstić information content (AvgIpc) is 3.00. The molecule has 1 aliphatic carbocycles. The summed E-state index contributed by atoms with van der Waals surface area (Å²) in [5.74, 6) is 0.560. The van der Waals surface area contributed by atoms with Crippen LogP contribution in [0.1, 0.15) is 30.1 Å². The lowest BCUT2D eigenvalue weighted by molar-refractivity contribution is 0.152. The molecule has 1 N–H and O–H groups in total. The molecule has 88 valence electrons. The molecule has 6 heteroatoms. The number of amides is 1. The van der Waals surface area contributed by atoms with Crippen LogP contribution < -0.4 is 0 Å². The zero-order valence-electron chi connectivity index (χ0n) is 9.27. The number of rotatable bonds is 3. The maximum atomic E-state index is 10.8. The molecule has 0 aromatic carbocycles. The van der Waals surface area contributed by atoms with Crippen LogP contribution in [0.4, 0.5) is 4.79 Å². The molecule has 1 amide bonds. The second-order valence-electron chi connectivity index (χ2n) is 4.18. The number of nitrogens with zero attached hydrogens (tertiary/aromatic N) is 3. The summed E-state index contributed by atoms with van der Waals surface area (Å²) in [5.41, 5.74) is 1.98. The number of carbonyl (C=O) groups is 1. The molecule has 0 saturated heterocycles. The molecule has 1 aromatic rings. The Labute approximate surface area is 102 Å². The van der Waals surface area contributed by atoms with Crippen LogP contribution in [0.15, 0.2) is 4.47 Å². The fourth-order valence-corrected chi connectivity index (χ4v) is 2.42. The van der Waals surface area contributed by atoms with E-state index in [2.05, 4.69) is 21.0 Å². The predicted molar refractivity (Wildman–Crippen MR) is 62.4 cm³/mol. The van der Waals surface area contributed by atoms with Crippen LogP contribution >= 0.6 is 15.9 Å². The third-order valence-corrected chi connectivity index (χ3v) is 3.67. The van der Waals surface area contributed by atoms with Crippen LogP contribution in [-0.2, 0) is 13.6 Å². The van der Waals surface area contributed by atoms with Gasteiger partial charge in [-0.05, 0) is 28.8 Å². The van der Waals surface area contributed by atoms with Crippen LogP contribution in [0.3, 0.4) is 0 Å². The zero-order chi connectivity index (χ0) is 11.9. The lowest BCUT2D eigenvalue weighted by atomic mass is 10.2. The van der Waals surface area contributed by atoms with E-state index in [1.165, 1.54) is 17.7 Å². The van der Waals surface area contributed by atoms with Crippen molar-refractivity contribution in [3.05, 3.63) is 15.9 Å². The molecule has 0 aliphatic heterocycles. The normalized spacial score (nSPS) is 15.2. The van der Waals surface area contributed by atoms with Gasteiger partial charge in [0.15, 0.2) is 0 Å². The van der Waals surface area contributed by atoms with E-state index < -0.39 is 6.09 Å². The molecular formula is C10H14BrN3O2. The number of halogens is 1. The van der Waals surface area contributed by atoms with Crippen molar-refractivity contribution in [2.45, 2.75) is 25.3 Å². The van der Waals surface area contributed by atoms with Gasteiger partial charge in [-0.2, -0.15) is 5.10 Å². The molecule has 1 saturated carbocycles.